The Morgan fingerprint density at radius 2 is 2.47 bits per heavy atom. The maximum Gasteiger partial charge on any atom is 0.324 e. The van der Waals surface area contributed by atoms with Gasteiger partial charge in [-0.1, -0.05) is 0 Å². The van der Waals surface area contributed by atoms with Crippen molar-refractivity contribution in [1.29, 1.82) is 5.26 Å². The van der Waals surface area contributed by atoms with Crippen molar-refractivity contribution in [3.63, 3.8) is 0 Å². The number of nitrogens with zero attached hydrogens (tertiary/aromatic N) is 2. The second-order valence-corrected chi connectivity index (χ2v) is 4.94. The van der Waals surface area contributed by atoms with Gasteiger partial charge in [0.1, 0.15) is 6.04 Å². The lowest BCUT2D eigenvalue weighted by atomic mass is 10.2. The van der Waals surface area contributed by atoms with Crippen LogP contribution in [0.4, 0.5) is 0 Å². The first-order chi connectivity index (χ1) is 7.27. The maximum atomic E-state index is 11.7. The zero-order valence-corrected chi connectivity index (χ0v) is 9.50. The van der Waals surface area contributed by atoms with Gasteiger partial charge in [0.25, 0.3) is 0 Å². The Balaban J connectivity index is 2.08. The number of carbonyl (C=O) groups is 1. The van der Waals surface area contributed by atoms with Crippen molar-refractivity contribution in [2.75, 3.05) is 12.4 Å². The molecule has 0 amide bonds. The number of ether oxygens (including phenoxy) is 1. The molecule has 0 spiro atoms. The van der Waals surface area contributed by atoms with Crippen LogP contribution in [-0.4, -0.2) is 40.7 Å². The van der Waals surface area contributed by atoms with E-state index in [1.165, 1.54) is 0 Å². The predicted molar refractivity (Wildman–Crippen MR) is 57.1 cm³/mol. The summed E-state index contributed by atoms with van der Waals surface area (Å²) in [6.45, 7) is 2.22. The van der Waals surface area contributed by atoms with Crippen molar-refractivity contribution in [3.05, 3.63) is 0 Å². The highest BCUT2D eigenvalue weighted by Gasteiger charge is 2.47. The largest absolute Gasteiger partial charge is 0.465 e. The molecule has 82 valence electrons. The van der Waals surface area contributed by atoms with Crippen LogP contribution < -0.4 is 0 Å². The molecule has 0 N–H and O–H groups in total. The number of esters is 1. The summed E-state index contributed by atoms with van der Waals surface area (Å²) in [5.74, 6) is 0.594. The second-order valence-electron chi connectivity index (χ2n) is 3.73. The molecule has 2 saturated heterocycles. The number of hydrogen-bond acceptors (Lipinski definition) is 5. The van der Waals surface area contributed by atoms with Crippen LogP contribution in [-0.2, 0) is 9.53 Å². The standard InChI is InChI=1S/C10H14N2O2S/c1-2-14-10(13)8-6-15-9-4-3-7(5-11)12(8)9/h7-9H,2-4,6H2,1H3. The summed E-state index contributed by atoms with van der Waals surface area (Å²) in [5.41, 5.74) is 0. The van der Waals surface area contributed by atoms with E-state index in [9.17, 15) is 4.79 Å². The van der Waals surface area contributed by atoms with E-state index in [-0.39, 0.29) is 18.1 Å². The molecule has 5 heteroatoms. The lowest BCUT2D eigenvalue weighted by Gasteiger charge is -2.23. The highest BCUT2D eigenvalue weighted by atomic mass is 32.2. The lowest BCUT2D eigenvalue weighted by Crippen LogP contribution is -2.44. The molecule has 2 rings (SSSR count). The monoisotopic (exact) mass is 226 g/mol. The first kappa shape index (κ1) is 10.8. The average molecular weight is 226 g/mol. The Hall–Kier alpha value is -0.730. The molecule has 0 bridgehead atoms. The van der Waals surface area contributed by atoms with Gasteiger partial charge in [-0.05, 0) is 19.8 Å². The van der Waals surface area contributed by atoms with Gasteiger partial charge in [-0.2, -0.15) is 5.26 Å². The normalized spacial score (nSPS) is 34.8. The van der Waals surface area contributed by atoms with Gasteiger partial charge < -0.3 is 4.74 Å². The molecule has 0 saturated carbocycles. The highest BCUT2D eigenvalue weighted by molar-refractivity contribution is 8.00. The van der Waals surface area contributed by atoms with Gasteiger partial charge in [-0.25, -0.2) is 0 Å². The predicted octanol–water partition coefficient (Wildman–Crippen LogP) is 0.979. The quantitative estimate of drug-likeness (QED) is 0.657. The number of thioether (sulfide) groups is 1. The highest BCUT2D eigenvalue weighted by Crippen LogP contribution is 2.40. The minimum atomic E-state index is -0.202. The number of fused-ring (bicyclic) bond motifs is 1. The summed E-state index contributed by atoms with van der Waals surface area (Å²) in [7, 11) is 0. The minimum Gasteiger partial charge on any atom is -0.465 e. The summed E-state index contributed by atoms with van der Waals surface area (Å²) < 4.78 is 5.02. The SMILES string of the molecule is CCOC(=O)C1CSC2CCC(C#N)N21. The van der Waals surface area contributed by atoms with Crippen LogP contribution in [0.5, 0.6) is 0 Å². The van der Waals surface area contributed by atoms with Gasteiger partial charge in [0.2, 0.25) is 0 Å². The molecule has 2 aliphatic heterocycles. The Labute approximate surface area is 93.6 Å². The van der Waals surface area contributed by atoms with E-state index in [0.717, 1.165) is 18.6 Å². The Kier molecular flexibility index (Phi) is 3.17. The molecular weight excluding hydrogens is 212 g/mol. The molecule has 2 aliphatic rings. The minimum absolute atomic E-state index is 0.0978. The van der Waals surface area contributed by atoms with E-state index in [1.54, 1.807) is 11.8 Å². The molecule has 4 nitrogen and oxygen atoms in total. The van der Waals surface area contributed by atoms with Gasteiger partial charge in [0.05, 0.1) is 24.1 Å². The molecule has 2 fully saturated rings. The molecule has 0 aromatic rings. The number of carbonyl (C=O) groups excluding carboxylic acids is 1. The molecule has 15 heavy (non-hydrogen) atoms. The fourth-order valence-corrected chi connectivity index (χ4v) is 3.72. The number of hydrogen-bond donors (Lipinski definition) is 0. The number of nitriles is 1. The summed E-state index contributed by atoms with van der Waals surface area (Å²) in [6, 6.07) is 1.97. The molecule has 0 aromatic carbocycles. The van der Waals surface area contributed by atoms with Crippen molar-refractivity contribution >= 4 is 17.7 Å². The summed E-state index contributed by atoms with van der Waals surface area (Å²) in [5, 5.41) is 9.34. The third-order valence-corrected chi connectivity index (χ3v) is 4.27. The summed E-state index contributed by atoms with van der Waals surface area (Å²) in [6.07, 6.45) is 1.89. The van der Waals surface area contributed by atoms with Crippen LogP contribution in [0.1, 0.15) is 19.8 Å². The third-order valence-electron chi connectivity index (χ3n) is 2.89. The van der Waals surface area contributed by atoms with E-state index >= 15 is 0 Å². The van der Waals surface area contributed by atoms with E-state index in [0.29, 0.717) is 12.0 Å². The zero-order chi connectivity index (χ0) is 10.8. The average Bonchev–Trinajstić information content (AvgIpc) is 2.77. The van der Waals surface area contributed by atoms with E-state index in [4.69, 9.17) is 10.00 Å². The molecule has 0 radical (unpaired) electrons. The number of rotatable bonds is 2. The van der Waals surface area contributed by atoms with Gasteiger partial charge in [0, 0.05) is 5.75 Å². The second kappa shape index (κ2) is 4.42. The van der Waals surface area contributed by atoms with Crippen LogP contribution in [0.3, 0.4) is 0 Å². The first-order valence-electron chi connectivity index (χ1n) is 5.23. The smallest absolute Gasteiger partial charge is 0.324 e. The molecule has 0 aromatic heterocycles. The van der Waals surface area contributed by atoms with Crippen LogP contribution in [0.2, 0.25) is 0 Å². The fraction of sp³-hybridized carbons (Fsp3) is 0.800. The van der Waals surface area contributed by atoms with Crippen LogP contribution >= 0.6 is 11.8 Å². The Morgan fingerprint density at radius 3 is 3.13 bits per heavy atom. The van der Waals surface area contributed by atoms with Crippen molar-refractivity contribution in [3.8, 4) is 6.07 Å². The van der Waals surface area contributed by atoms with Crippen LogP contribution in [0, 0.1) is 11.3 Å². The van der Waals surface area contributed by atoms with Crippen molar-refractivity contribution in [2.24, 2.45) is 0 Å². The summed E-state index contributed by atoms with van der Waals surface area (Å²) >= 11 is 1.77. The zero-order valence-electron chi connectivity index (χ0n) is 8.68. The van der Waals surface area contributed by atoms with Gasteiger partial charge in [0.15, 0.2) is 0 Å². The maximum absolute atomic E-state index is 11.7. The van der Waals surface area contributed by atoms with Gasteiger partial charge in [-0.15, -0.1) is 11.8 Å². The van der Waals surface area contributed by atoms with E-state index in [1.807, 2.05) is 11.8 Å². The van der Waals surface area contributed by atoms with Crippen LogP contribution in [0.25, 0.3) is 0 Å². The Morgan fingerprint density at radius 1 is 1.67 bits per heavy atom. The van der Waals surface area contributed by atoms with Crippen molar-refractivity contribution in [1.82, 2.24) is 4.90 Å². The first-order valence-corrected chi connectivity index (χ1v) is 6.28. The Bertz CT molecular complexity index is 302. The fourth-order valence-electron chi connectivity index (χ4n) is 2.23. The molecule has 0 aliphatic carbocycles. The van der Waals surface area contributed by atoms with E-state index < -0.39 is 0 Å². The van der Waals surface area contributed by atoms with Crippen molar-refractivity contribution < 1.29 is 9.53 Å². The molecular formula is C10H14N2O2S. The van der Waals surface area contributed by atoms with Crippen molar-refractivity contribution in [2.45, 2.75) is 37.2 Å². The lowest BCUT2D eigenvalue weighted by molar-refractivity contribution is -0.148. The van der Waals surface area contributed by atoms with Gasteiger partial charge >= 0.3 is 5.97 Å². The molecule has 3 atom stereocenters. The third kappa shape index (κ3) is 1.84. The molecule has 2 heterocycles. The summed E-state index contributed by atoms with van der Waals surface area (Å²) in [4.78, 5) is 13.7. The molecule has 3 unspecified atom stereocenters. The van der Waals surface area contributed by atoms with E-state index in [2.05, 4.69) is 6.07 Å². The van der Waals surface area contributed by atoms with Gasteiger partial charge in [-0.3, -0.25) is 9.69 Å². The topological polar surface area (TPSA) is 53.3 Å². The van der Waals surface area contributed by atoms with Crippen LogP contribution in [0.15, 0.2) is 0 Å².